The smallest absolute Gasteiger partial charge is 0.388 e. The van der Waals surface area contributed by atoms with Crippen LogP contribution in [0.2, 0.25) is 0 Å². The molecular weight excluding hydrogens is 281 g/mol. The average Bonchev–Trinajstić information content (AvgIpc) is 2.86. The Labute approximate surface area is 121 Å². The fourth-order valence-corrected chi connectivity index (χ4v) is 2.85. The second-order valence-corrected chi connectivity index (χ2v) is 5.87. The number of nitrogens with zero attached hydrogens (tertiary/aromatic N) is 2. The third-order valence-electron chi connectivity index (χ3n) is 4.26. The lowest BCUT2D eigenvalue weighted by atomic mass is 9.85. The van der Waals surface area contributed by atoms with Crippen LogP contribution < -0.4 is 0 Å². The first-order valence-electron chi connectivity index (χ1n) is 6.99. The molecule has 1 spiro atoms. The Morgan fingerprint density at radius 1 is 1.24 bits per heavy atom. The molecule has 0 unspecified atom stereocenters. The van der Waals surface area contributed by atoms with Crippen LogP contribution in [0.4, 0.5) is 13.2 Å². The normalized spacial score (nSPS) is 22.2. The molecule has 3 nitrogen and oxygen atoms in total. The van der Waals surface area contributed by atoms with Gasteiger partial charge >= 0.3 is 6.18 Å². The molecule has 2 heterocycles. The van der Waals surface area contributed by atoms with Crippen molar-refractivity contribution >= 4 is 5.71 Å². The molecule has 0 aliphatic carbocycles. The molecule has 0 aromatic heterocycles. The van der Waals surface area contributed by atoms with Crippen molar-refractivity contribution in [2.45, 2.75) is 31.0 Å². The summed E-state index contributed by atoms with van der Waals surface area (Å²) in [6.07, 6.45) is -2.03. The first kappa shape index (κ1) is 14.4. The van der Waals surface area contributed by atoms with Gasteiger partial charge in [0.1, 0.15) is 5.60 Å². The standard InChI is InChI=1S/C15H17F3N2O/c1-20-7-5-14(6-8-20)10-13(19-21-14)11-3-2-4-12(9-11)15(16,17)18/h2-4,9H,5-8,10H2,1H3. The van der Waals surface area contributed by atoms with E-state index in [9.17, 15) is 13.2 Å². The lowest BCUT2D eigenvalue weighted by molar-refractivity contribution is -0.137. The molecule has 0 N–H and O–H groups in total. The topological polar surface area (TPSA) is 24.8 Å². The van der Waals surface area contributed by atoms with Crippen LogP contribution in [-0.4, -0.2) is 36.3 Å². The fourth-order valence-electron chi connectivity index (χ4n) is 2.85. The number of piperidine rings is 1. The van der Waals surface area contributed by atoms with Gasteiger partial charge in [0.15, 0.2) is 0 Å². The molecule has 21 heavy (non-hydrogen) atoms. The number of hydrogen-bond acceptors (Lipinski definition) is 3. The average molecular weight is 298 g/mol. The molecular formula is C15H17F3N2O. The maximum Gasteiger partial charge on any atom is 0.416 e. The van der Waals surface area contributed by atoms with E-state index in [0.717, 1.165) is 38.1 Å². The molecule has 1 aromatic rings. The van der Waals surface area contributed by atoms with Crippen molar-refractivity contribution in [2.75, 3.05) is 20.1 Å². The fraction of sp³-hybridized carbons (Fsp3) is 0.533. The van der Waals surface area contributed by atoms with Crippen LogP contribution >= 0.6 is 0 Å². The molecule has 1 aromatic carbocycles. The highest BCUT2D eigenvalue weighted by molar-refractivity contribution is 6.01. The lowest BCUT2D eigenvalue weighted by Gasteiger charge is -2.35. The maximum absolute atomic E-state index is 12.8. The van der Waals surface area contributed by atoms with E-state index in [4.69, 9.17) is 4.84 Å². The second-order valence-electron chi connectivity index (χ2n) is 5.87. The summed E-state index contributed by atoms with van der Waals surface area (Å²) in [6, 6.07) is 5.30. The van der Waals surface area contributed by atoms with E-state index in [0.29, 0.717) is 17.7 Å². The molecule has 114 valence electrons. The zero-order valence-electron chi connectivity index (χ0n) is 11.8. The molecule has 0 amide bonds. The first-order chi connectivity index (χ1) is 9.88. The monoisotopic (exact) mass is 298 g/mol. The van der Waals surface area contributed by atoms with Crippen molar-refractivity contribution in [3.05, 3.63) is 35.4 Å². The van der Waals surface area contributed by atoms with Gasteiger partial charge in [-0.1, -0.05) is 17.3 Å². The summed E-state index contributed by atoms with van der Waals surface area (Å²) in [5.74, 6) is 0. The molecule has 0 atom stereocenters. The molecule has 6 heteroatoms. The first-order valence-corrected chi connectivity index (χ1v) is 6.99. The van der Waals surface area contributed by atoms with Gasteiger partial charge in [-0.15, -0.1) is 0 Å². The number of rotatable bonds is 1. The highest BCUT2D eigenvalue weighted by Gasteiger charge is 2.42. The van der Waals surface area contributed by atoms with Gasteiger partial charge in [0, 0.05) is 37.9 Å². The minimum absolute atomic E-state index is 0.323. The minimum atomic E-state index is -4.33. The van der Waals surface area contributed by atoms with Crippen LogP contribution in [0, 0.1) is 0 Å². The van der Waals surface area contributed by atoms with Crippen LogP contribution in [0.15, 0.2) is 29.4 Å². The van der Waals surface area contributed by atoms with Gasteiger partial charge in [0.05, 0.1) is 11.3 Å². The number of halogens is 3. The Morgan fingerprint density at radius 2 is 1.95 bits per heavy atom. The van der Waals surface area contributed by atoms with Crippen LogP contribution in [-0.2, 0) is 11.0 Å². The lowest BCUT2D eigenvalue weighted by Crippen LogP contribution is -2.42. The molecule has 1 saturated heterocycles. The number of hydrogen-bond donors (Lipinski definition) is 0. The Hall–Kier alpha value is -1.56. The molecule has 0 radical (unpaired) electrons. The Balaban J connectivity index is 1.77. The third-order valence-corrected chi connectivity index (χ3v) is 4.26. The van der Waals surface area contributed by atoms with Gasteiger partial charge in [-0.25, -0.2) is 0 Å². The molecule has 2 aliphatic rings. The Bertz CT molecular complexity index is 560. The third kappa shape index (κ3) is 2.90. The summed E-state index contributed by atoms with van der Waals surface area (Å²) in [4.78, 5) is 7.82. The summed E-state index contributed by atoms with van der Waals surface area (Å²) >= 11 is 0. The predicted octanol–water partition coefficient (Wildman–Crippen LogP) is 3.29. The summed E-state index contributed by atoms with van der Waals surface area (Å²) < 4.78 is 38.3. The highest BCUT2D eigenvalue weighted by Crippen LogP contribution is 2.37. The Morgan fingerprint density at radius 3 is 2.62 bits per heavy atom. The van der Waals surface area contributed by atoms with E-state index < -0.39 is 11.7 Å². The maximum atomic E-state index is 12.8. The van der Waals surface area contributed by atoms with Crippen molar-refractivity contribution in [3.8, 4) is 0 Å². The van der Waals surface area contributed by atoms with Gasteiger partial charge < -0.3 is 9.74 Å². The van der Waals surface area contributed by atoms with Crippen molar-refractivity contribution in [1.82, 2.24) is 4.90 Å². The summed E-state index contributed by atoms with van der Waals surface area (Å²) in [7, 11) is 2.05. The van der Waals surface area contributed by atoms with Crippen molar-refractivity contribution in [3.63, 3.8) is 0 Å². The highest BCUT2D eigenvalue weighted by atomic mass is 19.4. The summed E-state index contributed by atoms with van der Waals surface area (Å²) in [6.45, 7) is 1.84. The molecule has 0 saturated carbocycles. The Kier molecular flexibility index (Phi) is 3.43. The summed E-state index contributed by atoms with van der Waals surface area (Å²) in [5, 5.41) is 4.06. The molecule has 0 bridgehead atoms. The van der Waals surface area contributed by atoms with Gasteiger partial charge in [-0.3, -0.25) is 0 Å². The second kappa shape index (κ2) is 5.02. The number of likely N-dealkylation sites (tertiary alicyclic amines) is 1. The van der Waals surface area contributed by atoms with Gasteiger partial charge in [0.25, 0.3) is 0 Å². The molecule has 3 rings (SSSR count). The minimum Gasteiger partial charge on any atom is -0.388 e. The van der Waals surface area contributed by atoms with Crippen molar-refractivity contribution in [2.24, 2.45) is 5.16 Å². The van der Waals surface area contributed by atoms with E-state index in [1.807, 2.05) is 0 Å². The van der Waals surface area contributed by atoms with Crippen molar-refractivity contribution < 1.29 is 18.0 Å². The van der Waals surface area contributed by atoms with Gasteiger partial charge in [-0.05, 0) is 19.2 Å². The molecule has 2 aliphatic heterocycles. The SMILES string of the molecule is CN1CCC2(CC1)CC(c1cccc(C(F)(F)F)c1)=NO2. The number of oxime groups is 1. The zero-order chi connectivity index (χ0) is 15.1. The van der Waals surface area contributed by atoms with E-state index >= 15 is 0 Å². The number of alkyl halides is 3. The van der Waals surface area contributed by atoms with Gasteiger partial charge in [0.2, 0.25) is 0 Å². The largest absolute Gasteiger partial charge is 0.416 e. The quantitative estimate of drug-likeness (QED) is 0.794. The van der Waals surface area contributed by atoms with E-state index in [2.05, 4.69) is 17.1 Å². The van der Waals surface area contributed by atoms with Crippen molar-refractivity contribution in [1.29, 1.82) is 0 Å². The van der Waals surface area contributed by atoms with Crippen LogP contribution in [0.5, 0.6) is 0 Å². The molecule has 1 fully saturated rings. The van der Waals surface area contributed by atoms with E-state index in [1.165, 1.54) is 6.07 Å². The van der Waals surface area contributed by atoms with Gasteiger partial charge in [-0.2, -0.15) is 13.2 Å². The van der Waals surface area contributed by atoms with Crippen LogP contribution in [0.3, 0.4) is 0 Å². The zero-order valence-corrected chi connectivity index (χ0v) is 11.8. The van der Waals surface area contributed by atoms with Crippen LogP contribution in [0.25, 0.3) is 0 Å². The van der Waals surface area contributed by atoms with Crippen LogP contribution in [0.1, 0.15) is 30.4 Å². The predicted molar refractivity (Wildman–Crippen MR) is 73.1 cm³/mol. The number of benzene rings is 1. The van der Waals surface area contributed by atoms with E-state index in [1.54, 1.807) is 6.07 Å². The van der Waals surface area contributed by atoms with E-state index in [-0.39, 0.29) is 5.60 Å². The summed E-state index contributed by atoms with van der Waals surface area (Å²) in [5.41, 5.74) is 0.147.